The van der Waals surface area contributed by atoms with Crippen LogP contribution in [0.1, 0.15) is 6.42 Å². The molecule has 1 aromatic carbocycles. The second-order valence-electron chi connectivity index (χ2n) is 3.67. The second-order valence-corrected chi connectivity index (χ2v) is 3.67. The Hall–Kier alpha value is -2.28. The van der Waals surface area contributed by atoms with Gasteiger partial charge >= 0.3 is 5.97 Å². The summed E-state index contributed by atoms with van der Waals surface area (Å²) in [6.07, 6.45) is -2.26. The lowest BCUT2D eigenvalue weighted by Gasteiger charge is -2.12. The zero-order valence-electron chi connectivity index (χ0n) is 10.5. The first-order valence-electron chi connectivity index (χ1n) is 5.40. The molecule has 1 atom stereocenters. The average Bonchev–Trinajstić information content (AvgIpc) is 2.37. The number of carboxylic acid groups (broad SMARTS) is 1. The molecule has 0 saturated carbocycles. The number of carboxylic acids is 1. The minimum absolute atomic E-state index is 0.368. The van der Waals surface area contributed by atoms with Crippen molar-refractivity contribution in [3.8, 4) is 11.5 Å². The van der Waals surface area contributed by atoms with E-state index in [1.807, 2.05) is 0 Å². The van der Waals surface area contributed by atoms with Crippen molar-refractivity contribution >= 4 is 17.6 Å². The number of ether oxygens (including phenoxy) is 2. The molecule has 19 heavy (non-hydrogen) atoms. The third-order valence-electron chi connectivity index (χ3n) is 2.32. The molecule has 104 valence electrons. The number of benzene rings is 1. The van der Waals surface area contributed by atoms with Gasteiger partial charge in [0.15, 0.2) is 11.5 Å². The van der Waals surface area contributed by atoms with Gasteiger partial charge in [-0.2, -0.15) is 0 Å². The van der Waals surface area contributed by atoms with Gasteiger partial charge in [-0.05, 0) is 12.1 Å². The van der Waals surface area contributed by atoms with Crippen molar-refractivity contribution in [1.82, 2.24) is 0 Å². The molecule has 0 saturated heterocycles. The number of methoxy groups -OCH3 is 2. The highest BCUT2D eigenvalue weighted by atomic mass is 16.5. The summed E-state index contributed by atoms with van der Waals surface area (Å²) in [6.45, 7) is 0. The summed E-state index contributed by atoms with van der Waals surface area (Å²) in [5.74, 6) is -1.15. The number of aliphatic hydroxyl groups is 1. The summed E-state index contributed by atoms with van der Waals surface area (Å²) in [4.78, 5) is 21.9. The molecule has 0 unspecified atom stereocenters. The number of aliphatic hydroxyl groups excluding tert-OH is 1. The van der Waals surface area contributed by atoms with Gasteiger partial charge in [0.05, 0.1) is 20.6 Å². The third-order valence-corrected chi connectivity index (χ3v) is 2.32. The van der Waals surface area contributed by atoms with E-state index in [-0.39, 0.29) is 0 Å². The van der Waals surface area contributed by atoms with Gasteiger partial charge in [0.1, 0.15) is 6.10 Å². The molecule has 0 aromatic heterocycles. The van der Waals surface area contributed by atoms with Crippen molar-refractivity contribution in [3.63, 3.8) is 0 Å². The Bertz CT molecular complexity index is 473. The minimum Gasteiger partial charge on any atom is -0.493 e. The van der Waals surface area contributed by atoms with Gasteiger partial charge < -0.3 is 25.0 Å². The number of hydrogen-bond donors (Lipinski definition) is 3. The van der Waals surface area contributed by atoms with Gasteiger partial charge in [-0.3, -0.25) is 9.59 Å². The number of nitrogens with one attached hydrogen (secondary N) is 1. The van der Waals surface area contributed by atoms with Gasteiger partial charge in [-0.25, -0.2) is 0 Å². The van der Waals surface area contributed by atoms with Crippen LogP contribution in [-0.2, 0) is 9.59 Å². The van der Waals surface area contributed by atoms with Gasteiger partial charge in [-0.15, -0.1) is 0 Å². The van der Waals surface area contributed by atoms with E-state index >= 15 is 0 Å². The molecule has 0 fully saturated rings. The van der Waals surface area contributed by atoms with Crippen LogP contribution < -0.4 is 14.8 Å². The first-order valence-corrected chi connectivity index (χ1v) is 5.40. The number of rotatable bonds is 6. The summed E-state index contributed by atoms with van der Waals surface area (Å²) < 4.78 is 10.1. The summed E-state index contributed by atoms with van der Waals surface area (Å²) >= 11 is 0. The van der Waals surface area contributed by atoms with Crippen LogP contribution in [0.4, 0.5) is 5.69 Å². The Morgan fingerprint density at radius 3 is 2.42 bits per heavy atom. The van der Waals surface area contributed by atoms with E-state index < -0.39 is 24.4 Å². The topological polar surface area (TPSA) is 105 Å². The summed E-state index contributed by atoms with van der Waals surface area (Å²) in [5.41, 5.74) is 0.368. The number of anilines is 1. The molecule has 1 rings (SSSR count). The van der Waals surface area contributed by atoms with Gasteiger partial charge in [0.2, 0.25) is 0 Å². The monoisotopic (exact) mass is 269 g/mol. The number of aliphatic carboxylic acids is 1. The van der Waals surface area contributed by atoms with E-state index in [0.717, 1.165) is 0 Å². The maximum atomic E-state index is 11.5. The lowest BCUT2D eigenvalue weighted by atomic mass is 10.2. The summed E-state index contributed by atoms with van der Waals surface area (Å²) in [7, 11) is 2.93. The minimum atomic E-state index is -1.61. The van der Waals surface area contributed by atoms with E-state index in [9.17, 15) is 14.7 Å². The van der Waals surface area contributed by atoms with Crippen LogP contribution in [-0.4, -0.2) is 42.4 Å². The number of carbonyl (C=O) groups is 2. The molecule has 3 N–H and O–H groups in total. The average molecular weight is 269 g/mol. The molecule has 0 heterocycles. The maximum absolute atomic E-state index is 11.5. The highest BCUT2D eigenvalue weighted by Crippen LogP contribution is 2.29. The van der Waals surface area contributed by atoms with Crippen LogP contribution in [0, 0.1) is 0 Å². The van der Waals surface area contributed by atoms with Crippen LogP contribution in [0.2, 0.25) is 0 Å². The molecule has 0 aliphatic heterocycles. The second kappa shape index (κ2) is 6.60. The Morgan fingerprint density at radius 1 is 1.26 bits per heavy atom. The van der Waals surface area contributed by atoms with Crippen LogP contribution in [0.15, 0.2) is 18.2 Å². The highest BCUT2D eigenvalue weighted by molar-refractivity contribution is 5.96. The van der Waals surface area contributed by atoms with Crippen LogP contribution >= 0.6 is 0 Å². The fourth-order valence-electron chi connectivity index (χ4n) is 1.40. The molecule has 1 aromatic rings. The molecule has 0 aliphatic carbocycles. The molecule has 0 aliphatic rings. The summed E-state index contributed by atoms with van der Waals surface area (Å²) in [5, 5.41) is 20.2. The molecular formula is C12H15NO6. The smallest absolute Gasteiger partial charge is 0.306 e. The van der Waals surface area contributed by atoms with E-state index in [0.29, 0.717) is 17.2 Å². The molecule has 0 radical (unpaired) electrons. The normalized spacial score (nSPS) is 11.5. The standard InChI is InChI=1S/C12H15NO6/c1-18-9-4-3-7(5-10(9)19-2)13-12(17)8(14)6-11(15)16/h3-5,8,14H,6H2,1-2H3,(H,13,17)(H,15,16)/t8-/m0/s1. The van der Waals surface area contributed by atoms with E-state index in [1.165, 1.54) is 20.3 Å². The van der Waals surface area contributed by atoms with Crippen molar-refractivity contribution in [1.29, 1.82) is 0 Å². The predicted octanol–water partition coefficient (Wildman–Crippen LogP) is 0.478. The van der Waals surface area contributed by atoms with Gasteiger partial charge in [0.25, 0.3) is 5.91 Å². The Morgan fingerprint density at radius 2 is 1.89 bits per heavy atom. The van der Waals surface area contributed by atoms with Crippen LogP contribution in [0.25, 0.3) is 0 Å². The lowest BCUT2D eigenvalue weighted by molar-refractivity contribution is -0.142. The molecule has 7 nitrogen and oxygen atoms in total. The van der Waals surface area contributed by atoms with E-state index in [4.69, 9.17) is 14.6 Å². The number of amides is 1. The van der Waals surface area contributed by atoms with Crippen molar-refractivity contribution in [2.24, 2.45) is 0 Å². The molecular weight excluding hydrogens is 254 g/mol. The predicted molar refractivity (Wildman–Crippen MR) is 66.4 cm³/mol. The quantitative estimate of drug-likeness (QED) is 0.693. The van der Waals surface area contributed by atoms with E-state index in [1.54, 1.807) is 12.1 Å². The zero-order valence-corrected chi connectivity index (χ0v) is 10.5. The maximum Gasteiger partial charge on any atom is 0.306 e. The summed E-state index contributed by atoms with van der Waals surface area (Å²) in [6, 6.07) is 4.63. The zero-order chi connectivity index (χ0) is 14.4. The van der Waals surface area contributed by atoms with Crippen molar-refractivity contribution in [2.45, 2.75) is 12.5 Å². The lowest BCUT2D eigenvalue weighted by Crippen LogP contribution is -2.29. The Kier molecular flexibility index (Phi) is 5.13. The molecule has 0 spiro atoms. The largest absolute Gasteiger partial charge is 0.493 e. The first kappa shape index (κ1) is 14.8. The van der Waals surface area contributed by atoms with Crippen LogP contribution in [0.5, 0.6) is 11.5 Å². The van der Waals surface area contributed by atoms with Crippen LogP contribution in [0.3, 0.4) is 0 Å². The van der Waals surface area contributed by atoms with Crippen molar-refractivity contribution < 1.29 is 29.3 Å². The fourth-order valence-corrected chi connectivity index (χ4v) is 1.40. The molecule has 0 bridgehead atoms. The molecule has 1 amide bonds. The van der Waals surface area contributed by atoms with Crippen molar-refractivity contribution in [3.05, 3.63) is 18.2 Å². The third kappa shape index (κ3) is 4.14. The van der Waals surface area contributed by atoms with E-state index in [2.05, 4.69) is 5.32 Å². The highest BCUT2D eigenvalue weighted by Gasteiger charge is 2.19. The Labute approximate surface area is 109 Å². The van der Waals surface area contributed by atoms with Crippen molar-refractivity contribution in [2.75, 3.05) is 19.5 Å². The first-order chi connectivity index (χ1) is 8.97. The fraction of sp³-hybridized carbons (Fsp3) is 0.333. The van der Waals surface area contributed by atoms with Gasteiger partial charge in [-0.1, -0.05) is 0 Å². The number of hydrogen-bond acceptors (Lipinski definition) is 5. The molecule has 7 heteroatoms. The number of carbonyl (C=O) groups excluding carboxylic acids is 1. The Balaban J connectivity index is 2.77. The van der Waals surface area contributed by atoms with Gasteiger partial charge in [0, 0.05) is 11.8 Å². The SMILES string of the molecule is COc1ccc(NC(=O)[C@@H](O)CC(=O)O)cc1OC.